The average Bonchev–Trinajstić information content (AvgIpc) is 2.65. The Kier molecular flexibility index (Phi) is 6.16. The quantitative estimate of drug-likeness (QED) is 0.744. The van der Waals surface area contributed by atoms with E-state index in [-0.39, 0.29) is 18.2 Å². The van der Waals surface area contributed by atoms with Crippen molar-refractivity contribution in [3.05, 3.63) is 58.1 Å². The molecule has 0 aliphatic carbocycles. The minimum atomic E-state index is -0.857. The summed E-state index contributed by atoms with van der Waals surface area (Å²) in [5.41, 5.74) is 0.643. The number of likely N-dealkylation sites (tertiary alicyclic amines) is 1. The smallest absolute Gasteiger partial charge is 0.250 e. The van der Waals surface area contributed by atoms with Crippen LogP contribution in [0.5, 0.6) is 5.75 Å². The lowest BCUT2D eigenvalue weighted by Crippen LogP contribution is -2.66. The van der Waals surface area contributed by atoms with Crippen LogP contribution in [-0.2, 0) is 16.0 Å². The lowest BCUT2D eigenvalue weighted by Gasteiger charge is -2.49. The van der Waals surface area contributed by atoms with Gasteiger partial charge in [0, 0.05) is 34.8 Å². The summed E-state index contributed by atoms with van der Waals surface area (Å²) in [6.07, 6.45) is 1.40. The van der Waals surface area contributed by atoms with Gasteiger partial charge in [-0.15, -0.1) is 0 Å². The molecule has 1 heterocycles. The number of nitrogens with zero attached hydrogens (tertiary/aromatic N) is 1. The van der Waals surface area contributed by atoms with E-state index in [9.17, 15) is 9.59 Å². The van der Waals surface area contributed by atoms with Crippen molar-refractivity contribution in [1.82, 2.24) is 4.90 Å². The van der Waals surface area contributed by atoms with Crippen molar-refractivity contribution in [2.75, 3.05) is 19.0 Å². The average molecular weight is 421 g/mol. The van der Waals surface area contributed by atoms with Gasteiger partial charge in [-0.1, -0.05) is 35.3 Å². The highest BCUT2D eigenvalue weighted by Crippen LogP contribution is 2.33. The fourth-order valence-electron chi connectivity index (χ4n) is 3.26. The van der Waals surface area contributed by atoms with Crippen LogP contribution in [0, 0.1) is 0 Å². The van der Waals surface area contributed by atoms with Crippen molar-refractivity contribution in [3.8, 4) is 5.75 Å². The second kappa shape index (κ2) is 8.41. The zero-order valence-corrected chi connectivity index (χ0v) is 17.3. The standard InChI is InChI=1S/C21H22Cl2N2O3/c1-21(20(27)24-16-4-3-5-17(13-16)28-2)10-11-25(21)19(26)9-7-14-6-8-15(22)12-18(14)23/h3-6,8,12-13H,7,9-11H2,1-2H3,(H,24,27). The number of nitrogens with one attached hydrogen (secondary N) is 1. The molecule has 1 atom stereocenters. The van der Waals surface area contributed by atoms with Gasteiger partial charge in [-0.05, 0) is 49.6 Å². The van der Waals surface area contributed by atoms with Gasteiger partial charge in [0.15, 0.2) is 0 Å². The molecule has 148 valence electrons. The number of carbonyl (C=O) groups is 2. The van der Waals surface area contributed by atoms with Crippen molar-refractivity contribution < 1.29 is 14.3 Å². The molecule has 0 spiro atoms. The number of hydrogen-bond acceptors (Lipinski definition) is 3. The summed E-state index contributed by atoms with van der Waals surface area (Å²) in [6.45, 7) is 2.36. The summed E-state index contributed by atoms with van der Waals surface area (Å²) in [4.78, 5) is 27.2. The summed E-state index contributed by atoms with van der Waals surface area (Å²) < 4.78 is 5.18. The molecular weight excluding hydrogens is 399 g/mol. The van der Waals surface area contributed by atoms with Gasteiger partial charge in [0.2, 0.25) is 11.8 Å². The van der Waals surface area contributed by atoms with Crippen LogP contribution in [0.3, 0.4) is 0 Å². The van der Waals surface area contributed by atoms with Crippen LogP contribution < -0.4 is 10.1 Å². The highest BCUT2D eigenvalue weighted by Gasteiger charge is 2.49. The van der Waals surface area contributed by atoms with Gasteiger partial charge < -0.3 is 15.0 Å². The van der Waals surface area contributed by atoms with E-state index < -0.39 is 5.54 Å². The maximum atomic E-state index is 12.8. The number of ether oxygens (including phenoxy) is 1. The first kappa shape index (κ1) is 20.5. The molecule has 3 rings (SSSR count). The summed E-state index contributed by atoms with van der Waals surface area (Å²) in [6, 6.07) is 12.4. The lowest BCUT2D eigenvalue weighted by molar-refractivity contribution is -0.154. The van der Waals surface area contributed by atoms with Crippen LogP contribution in [0.15, 0.2) is 42.5 Å². The largest absolute Gasteiger partial charge is 0.497 e. The number of hydrogen-bond donors (Lipinski definition) is 1. The molecule has 1 N–H and O–H groups in total. The van der Waals surface area contributed by atoms with Gasteiger partial charge in [-0.3, -0.25) is 9.59 Å². The van der Waals surface area contributed by atoms with Gasteiger partial charge in [0.25, 0.3) is 0 Å². The number of aryl methyl sites for hydroxylation is 1. The first-order valence-electron chi connectivity index (χ1n) is 9.03. The van der Waals surface area contributed by atoms with Crippen LogP contribution in [0.2, 0.25) is 10.0 Å². The Morgan fingerprint density at radius 1 is 1.21 bits per heavy atom. The summed E-state index contributed by atoms with van der Waals surface area (Å²) in [7, 11) is 1.57. The Morgan fingerprint density at radius 3 is 2.64 bits per heavy atom. The Hall–Kier alpha value is -2.24. The highest BCUT2D eigenvalue weighted by molar-refractivity contribution is 6.35. The van der Waals surface area contributed by atoms with Crippen LogP contribution in [-0.4, -0.2) is 35.9 Å². The Balaban J connectivity index is 1.62. The van der Waals surface area contributed by atoms with E-state index in [0.29, 0.717) is 40.9 Å². The molecular formula is C21H22Cl2N2O3. The molecule has 0 saturated carbocycles. The number of rotatable bonds is 6. The van der Waals surface area contributed by atoms with Crippen molar-refractivity contribution in [2.45, 2.75) is 31.7 Å². The second-order valence-electron chi connectivity index (χ2n) is 6.99. The number of anilines is 1. The summed E-state index contributed by atoms with van der Waals surface area (Å²) in [5.74, 6) is 0.384. The molecule has 2 aromatic rings. The van der Waals surface area contributed by atoms with E-state index >= 15 is 0 Å². The highest BCUT2D eigenvalue weighted by atomic mass is 35.5. The Bertz CT molecular complexity index is 903. The lowest BCUT2D eigenvalue weighted by atomic mass is 9.85. The fourth-order valence-corrected chi connectivity index (χ4v) is 3.77. The monoisotopic (exact) mass is 420 g/mol. The van der Waals surface area contributed by atoms with Gasteiger partial charge >= 0.3 is 0 Å². The third-order valence-electron chi connectivity index (χ3n) is 5.16. The SMILES string of the molecule is COc1cccc(NC(=O)C2(C)CCN2C(=O)CCc2ccc(Cl)cc2Cl)c1. The zero-order chi connectivity index (χ0) is 20.3. The maximum Gasteiger partial charge on any atom is 0.250 e. The van der Waals surface area contributed by atoms with Gasteiger partial charge in [-0.25, -0.2) is 0 Å². The first-order valence-corrected chi connectivity index (χ1v) is 9.79. The molecule has 7 heteroatoms. The van der Waals surface area contributed by atoms with Crippen LogP contribution in [0.25, 0.3) is 0 Å². The molecule has 5 nitrogen and oxygen atoms in total. The number of benzene rings is 2. The molecule has 2 amide bonds. The minimum absolute atomic E-state index is 0.0689. The van der Waals surface area contributed by atoms with E-state index in [1.54, 1.807) is 55.3 Å². The normalized spacial score (nSPS) is 18.4. The van der Waals surface area contributed by atoms with Crippen LogP contribution >= 0.6 is 23.2 Å². The third kappa shape index (κ3) is 4.26. The van der Waals surface area contributed by atoms with E-state index in [2.05, 4.69) is 5.32 Å². The number of methoxy groups -OCH3 is 1. The predicted octanol–water partition coefficient (Wildman–Crippen LogP) is 4.56. The minimum Gasteiger partial charge on any atom is -0.497 e. The molecule has 0 bridgehead atoms. The molecule has 28 heavy (non-hydrogen) atoms. The summed E-state index contributed by atoms with van der Waals surface area (Å²) >= 11 is 12.1. The zero-order valence-electron chi connectivity index (χ0n) is 15.8. The Morgan fingerprint density at radius 2 is 2.00 bits per heavy atom. The number of carbonyl (C=O) groups excluding carboxylic acids is 2. The molecule has 0 radical (unpaired) electrons. The predicted molar refractivity (Wildman–Crippen MR) is 111 cm³/mol. The second-order valence-corrected chi connectivity index (χ2v) is 7.83. The van der Waals surface area contributed by atoms with E-state index in [0.717, 1.165) is 5.56 Å². The molecule has 1 fully saturated rings. The molecule has 1 aliphatic heterocycles. The first-order chi connectivity index (χ1) is 13.3. The third-order valence-corrected chi connectivity index (χ3v) is 5.75. The molecule has 1 aliphatic rings. The van der Waals surface area contributed by atoms with E-state index in [1.807, 2.05) is 6.07 Å². The molecule has 2 aromatic carbocycles. The van der Waals surface area contributed by atoms with Gasteiger partial charge in [0.1, 0.15) is 11.3 Å². The number of halogens is 2. The van der Waals surface area contributed by atoms with Crippen LogP contribution in [0.4, 0.5) is 5.69 Å². The van der Waals surface area contributed by atoms with Crippen molar-refractivity contribution in [1.29, 1.82) is 0 Å². The van der Waals surface area contributed by atoms with Gasteiger partial charge in [-0.2, -0.15) is 0 Å². The fraction of sp³-hybridized carbons (Fsp3) is 0.333. The molecule has 1 unspecified atom stereocenters. The Labute approximate surface area is 174 Å². The van der Waals surface area contributed by atoms with E-state index in [1.165, 1.54) is 0 Å². The maximum absolute atomic E-state index is 12.8. The van der Waals surface area contributed by atoms with Crippen molar-refractivity contribution in [2.24, 2.45) is 0 Å². The molecule has 0 aromatic heterocycles. The van der Waals surface area contributed by atoms with Crippen molar-refractivity contribution >= 4 is 40.7 Å². The van der Waals surface area contributed by atoms with Crippen molar-refractivity contribution in [3.63, 3.8) is 0 Å². The molecule has 1 saturated heterocycles. The van der Waals surface area contributed by atoms with Gasteiger partial charge in [0.05, 0.1) is 7.11 Å². The summed E-state index contributed by atoms with van der Waals surface area (Å²) in [5, 5.41) is 3.99. The van der Waals surface area contributed by atoms with E-state index in [4.69, 9.17) is 27.9 Å². The van der Waals surface area contributed by atoms with Crippen LogP contribution in [0.1, 0.15) is 25.3 Å². The number of amides is 2. The topological polar surface area (TPSA) is 58.6 Å².